The van der Waals surface area contributed by atoms with Crippen molar-refractivity contribution >= 4 is 23.4 Å². The molecule has 0 unspecified atom stereocenters. The van der Waals surface area contributed by atoms with Gasteiger partial charge in [0, 0.05) is 57.4 Å². The van der Waals surface area contributed by atoms with E-state index in [1.807, 2.05) is 20.8 Å². The second-order valence-corrected chi connectivity index (χ2v) is 8.98. The third-order valence-corrected chi connectivity index (χ3v) is 6.19. The summed E-state index contributed by atoms with van der Waals surface area (Å²) in [4.78, 5) is 41.9. The number of carbonyl (C=O) groups is 3. The van der Waals surface area contributed by atoms with Gasteiger partial charge in [0.15, 0.2) is 5.69 Å². The highest BCUT2D eigenvalue weighted by Gasteiger charge is 2.30. The molecular formula is C25H34N4O6. The molecule has 2 heterocycles. The number of fused-ring (bicyclic) bond motifs is 1. The molecule has 3 atom stereocenters. The molecule has 0 aliphatic carbocycles. The molecule has 0 spiro atoms. The van der Waals surface area contributed by atoms with Gasteiger partial charge in [0.1, 0.15) is 18.1 Å². The number of likely N-dealkylation sites (N-methyl/N-ethyl adjacent to an activating group) is 1. The molecule has 0 bridgehead atoms. The minimum atomic E-state index is -0.441. The number of aromatic nitrogens is 1. The second kappa shape index (κ2) is 11.4. The van der Waals surface area contributed by atoms with Crippen molar-refractivity contribution in [3.05, 3.63) is 41.3 Å². The first-order valence-electron chi connectivity index (χ1n) is 11.7. The maximum absolute atomic E-state index is 13.3. The number of methoxy groups -OCH3 is 1. The highest BCUT2D eigenvalue weighted by Crippen LogP contribution is 2.27. The van der Waals surface area contributed by atoms with Crippen LogP contribution >= 0.6 is 0 Å². The first-order chi connectivity index (χ1) is 16.6. The van der Waals surface area contributed by atoms with Crippen LogP contribution in [0.15, 0.2) is 28.8 Å². The SMILES string of the molecule is CCC(=O)N1C[C@H](C)[C@@H](OC)CN(C)C(=O)c2ccc(NC(=O)c3cc(C)on3)cc2OC[C@@H]1C. The van der Waals surface area contributed by atoms with E-state index in [9.17, 15) is 14.4 Å². The second-order valence-electron chi connectivity index (χ2n) is 8.98. The summed E-state index contributed by atoms with van der Waals surface area (Å²) in [6.07, 6.45) is 0.123. The number of hydrogen-bond donors (Lipinski definition) is 1. The van der Waals surface area contributed by atoms with Crippen LogP contribution in [0.25, 0.3) is 0 Å². The van der Waals surface area contributed by atoms with Crippen molar-refractivity contribution in [1.29, 1.82) is 0 Å². The van der Waals surface area contributed by atoms with E-state index in [0.717, 1.165) is 0 Å². The molecule has 10 heteroatoms. The van der Waals surface area contributed by atoms with Crippen molar-refractivity contribution in [2.24, 2.45) is 5.92 Å². The molecule has 0 saturated heterocycles. The molecule has 0 radical (unpaired) electrons. The molecule has 1 aromatic heterocycles. The van der Waals surface area contributed by atoms with Gasteiger partial charge in [-0.2, -0.15) is 0 Å². The summed E-state index contributed by atoms with van der Waals surface area (Å²) in [5.41, 5.74) is 0.940. The number of nitrogens with one attached hydrogen (secondary N) is 1. The first kappa shape index (κ1) is 26.2. The predicted molar refractivity (Wildman–Crippen MR) is 130 cm³/mol. The zero-order valence-corrected chi connectivity index (χ0v) is 21.2. The summed E-state index contributed by atoms with van der Waals surface area (Å²) in [6, 6.07) is 6.16. The fourth-order valence-electron chi connectivity index (χ4n) is 4.07. The quantitative estimate of drug-likeness (QED) is 0.707. The summed E-state index contributed by atoms with van der Waals surface area (Å²) >= 11 is 0. The largest absolute Gasteiger partial charge is 0.491 e. The fraction of sp³-hybridized carbons (Fsp3) is 0.520. The van der Waals surface area contributed by atoms with Gasteiger partial charge in [0.05, 0.1) is 17.7 Å². The van der Waals surface area contributed by atoms with Crippen LogP contribution in [0.4, 0.5) is 5.69 Å². The first-order valence-corrected chi connectivity index (χ1v) is 11.7. The Labute approximate surface area is 205 Å². The lowest BCUT2D eigenvalue weighted by atomic mass is 10.0. The average Bonchev–Trinajstić information content (AvgIpc) is 3.29. The predicted octanol–water partition coefficient (Wildman–Crippen LogP) is 2.98. The van der Waals surface area contributed by atoms with Gasteiger partial charge in [-0.05, 0) is 26.0 Å². The normalized spacial score (nSPS) is 21.4. The number of carbonyl (C=O) groups excluding carboxylic acids is 3. The van der Waals surface area contributed by atoms with Crippen LogP contribution in [0.5, 0.6) is 5.75 Å². The number of nitrogens with zero attached hydrogens (tertiary/aromatic N) is 3. The lowest BCUT2D eigenvalue weighted by molar-refractivity contribution is -0.135. The van der Waals surface area contributed by atoms with E-state index in [4.69, 9.17) is 14.0 Å². The minimum absolute atomic E-state index is 0.00449. The number of benzene rings is 1. The van der Waals surface area contributed by atoms with Crippen LogP contribution in [0.3, 0.4) is 0 Å². The lowest BCUT2D eigenvalue weighted by Crippen LogP contribution is -2.48. The maximum atomic E-state index is 13.3. The van der Waals surface area contributed by atoms with Gasteiger partial charge in [0.25, 0.3) is 11.8 Å². The van der Waals surface area contributed by atoms with Crippen LogP contribution < -0.4 is 10.1 Å². The minimum Gasteiger partial charge on any atom is -0.491 e. The molecule has 190 valence electrons. The van der Waals surface area contributed by atoms with Crippen molar-refractivity contribution in [3.8, 4) is 5.75 Å². The van der Waals surface area contributed by atoms with Gasteiger partial charge in [-0.3, -0.25) is 14.4 Å². The van der Waals surface area contributed by atoms with E-state index >= 15 is 0 Å². The highest BCUT2D eigenvalue weighted by molar-refractivity contribution is 6.03. The Bertz CT molecular complexity index is 1070. The van der Waals surface area contributed by atoms with Crippen molar-refractivity contribution in [2.75, 3.05) is 39.2 Å². The van der Waals surface area contributed by atoms with Crippen LogP contribution in [0, 0.1) is 12.8 Å². The molecule has 1 aliphatic rings. The Balaban J connectivity index is 1.94. The summed E-state index contributed by atoms with van der Waals surface area (Å²) < 4.78 is 16.7. The smallest absolute Gasteiger partial charge is 0.277 e. The Kier molecular flexibility index (Phi) is 8.50. The Hall–Kier alpha value is -3.40. The third-order valence-electron chi connectivity index (χ3n) is 6.19. The van der Waals surface area contributed by atoms with Crippen molar-refractivity contribution < 1.29 is 28.4 Å². The molecule has 1 aliphatic heterocycles. The van der Waals surface area contributed by atoms with Gasteiger partial charge in [-0.25, -0.2) is 0 Å². The molecule has 3 amide bonds. The molecule has 0 saturated carbocycles. The van der Waals surface area contributed by atoms with Crippen molar-refractivity contribution in [3.63, 3.8) is 0 Å². The van der Waals surface area contributed by atoms with Gasteiger partial charge in [-0.15, -0.1) is 0 Å². The van der Waals surface area contributed by atoms with E-state index in [1.54, 1.807) is 49.1 Å². The van der Waals surface area contributed by atoms with E-state index in [1.165, 1.54) is 6.07 Å². The number of hydrogen-bond acceptors (Lipinski definition) is 7. The summed E-state index contributed by atoms with van der Waals surface area (Å²) in [6.45, 7) is 8.48. The Morgan fingerprint density at radius 3 is 2.60 bits per heavy atom. The van der Waals surface area contributed by atoms with Crippen LogP contribution in [0.2, 0.25) is 0 Å². The van der Waals surface area contributed by atoms with Crippen LogP contribution in [-0.2, 0) is 9.53 Å². The monoisotopic (exact) mass is 486 g/mol. The Morgan fingerprint density at radius 1 is 1.23 bits per heavy atom. The molecule has 2 aromatic rings. The summed E-state index contributed by atoms with van der Waals surface area (Å²) in [5.74, 6) is 0.193. The molecule has 35 heavy (non-hydrogen) atoms. The number of ether oxygens (including phenoxy) is 2. The van der Waals surface area contributed by atoms with E-state index in [0.29, 0.717) is 42.3 Å². The van der Waals surface area contributed by atoms with E-state index in [-0.39, 0.29) is 42.2 Å². The molecular weight excluding hydrogens is 452 g/mol. The maximum Gasteiger partial charge on any atom is 0.277 e. The third kappa shape index (κ3) is 6.19. The standard InChI is InChI=1S/C25H34N4O6/c1-7-23(30)29-12-15(2)22(33-6)13-28(5)25(32)19-9-8-18(11-21(19)34-14-16(29)3)26-24(31)20-10-17(4)35-27-20/h8-11,15-16,22H,7,12-14H2,1-6H3,(H,26,31)/t15-,16-,22-/m0/s1. The average molecular weight is 487 g/mol. The fourth-order valence-corrected chi connectivity index (χ4v) is 4.07. The molecule has 1 aromatic carbocycles. The summed E-state index contributed by atoms with van der Waals surface area (Å²) in [5, 5.41) is 6.48. The Morgan fingerprint density at radius 2 is 1.97 bits per heavy atom. The zero-order chi connectivity index (χ0) is 25.7. The molecule has 10 nitrogen and oxygen atoms in total. The lowest BCUT2D eigenvalue weighted by Gasteiger charge is -2.36. The molecule has 0 fully saturated rings. The number of anilines is 1. The van der Waals surface area contributed by atoms with Crippen LogP contribution in [-0.4, -0.2) is 78.7 Å². The number of rotatable bonds is 4. The summed E-state index contributed by atoms with van der Waals surface area (Å²) in [7, 11) is 3.32. The van der Waals surface area contributed by atoms with Gasteiger partial charge >= 0.3 is 0 Å². The van der Waals surface area contributed by atoms with E-state index < -0.39 is 5.91 Å². The van der Waals surface area contributed by atoms with Crippen LogP contribution in [0.1, 0.15) is 53.8 Å². The number of aryl methyl sites for hydroxylation is 1. The van der Waals surface area contributed by atoms with Gasteiger partial charge in [-0.1, -0.05) is 19.0 Å². The van der Waals surface area contributed by atoms with E-state index in [2.05, 4.69) is 10.5 Å². The zero-order valence-electron chi connectivity index (χ0n) is 21.2. The topological polar surface area (TPSA) is 114 Å². The molecule has 1 N–H and O–H groups in total. The van der Waals surface area contributed by atoms with Crippen molar-refractivity contribution in [1.82, 2.24) is 15.0 Å². The van der Waals surface area contributed by atoms with Gasteiger partial charge in [0.2, 0.25) is 5.91 Å². The van der Waals surface area contributed by atoms with Gasteiger partial charge < -0.3 is 29.1 Å². The number of amides is 3. The molecule has 3 rings (SSSR count). The van der Waals surface area contributed by atoms with Crippen molar-refractivity contribution in [2.45, 2.75) is 46.3 Å². The highest BCUT2D eigenvalue weighted by atomic mass is 16.5.